The fourth-order valence-electron chi connectivity index (χ4n) is 2.47. The number of para-hydroxylation sites is 1. The van der Waals surface area contributed by atoms with Crippen molar-refractivity contribution in [3.05, 3.63) is 23.8 Å². The van der Waals surface area contributed by atoms with E-state index in [1.54, 1.807) is 12.1 Å². The second kappa shape index (κ2) is 5.17. The first-order valence-corrected chi connectivity index (χ1v) is 6.23. The number of hydrogen-bond donors (Lipinski definition) is 3. The van der Waals surface area contributed by atoms with Crippen LogP contribution in [0.1, 0.15) is 23.2 Å². The van der Waals surface area contributed by atoms with Crippen LogP contribution in [0.5, 0.6) is 0 Å². The lowest BCUT2D eigenvalue weighted by Gasteiger charge is -2.34. The van der Waals surface area contributed by atoms with Gasteiger partial charge in [0.25, 0.3) is 5.91 Å². The molecule has 1 aromatic rings. The highest BCUT2D eigenvalue weighted by Crippen LogP contribution is 2.30. The maximum absolute atomic E-state index is 11.3. The van der Waals surface area contributed by atoms with Gasteiger partial charge in [0.05, 0.1) is 22.9 Å². The summed E-state index contributed by atoms with van der Waals surface area (Å²) in [6.45, 7) is 1.32. The molecule has 1 atom stereocenters. The first-order chi connectivity index (χ1) is 9.00. The first-order valence-electron chi connectivity index (χ1n) is 6.23. The summed E-state index contributed by atoms with van der Waals surface area (Å²) >= 11 is 0. The third-order valence-corrected chi connectivity index (χ3v) is 3.51. The number of nitrogens with zero attached hydrogens (tertiary/aromatic N) is 1. The zero-order chi connectivity index (χ0) is 14.0. The molecule has 1 aliphatic rings. The molecule has 0 bridgehead atoms. The van der Waals surface area contributed by atoms with Crippen molar-refractivity contribution in [1.82, 2.24) is 0 Å². The molecule has 2 amide bonds. The Morgan fingerprint density at radius 3 is 2.63 bits per heavy atom. The molecular formula is C13H18N4O2. The van der Waals surface area contributed by atoms with Crippen molar-refractivity contribution in [3.63, 3.8) is 0 Å². The van der Waals surface area contributed by atoms with Crippen LogP contribution in [-0.4, -0.2) is 24.9 Å². The number of nitrogens with two attached hydrogens (primary N) is 3. The molecule has 6 nitrogen and oxygen atoms in total. The van der Waals surface area contributed by atoms with Crippen LogP contribution in [0, 0.1) is 5.92 Å². The quantitative estimate of drug-likeness (QED) is 0.668. The van der Waals surface area contributed by atoms with Gasteiger partial charge in [0, 0.05) is 13.1 Å². The van der Waals surface area contributed by atoms with E-state index in [9.17, 15) is 9.59 Å². The lowest BCUT2D eigenvalue weighted by Crippen LogP contribution is -2.41. The smallest absolute Gasteiger partial charge is 0.250 e. The predicted octanol–water partition coefficient (Wildman–Crippen LogP) is 0.0694. The lowest BCUT2D eigenvalue weighted by molar-refractivity contribution is -0.122. The number of amides is 2. The van der Waals surface area contributed by atoms with Crippen LogP contribution < -0.4 is 22.1 Å². The Bertz CT molecular complexity index is 515. The third-order valence-electron chi connectivity index (χ3n) is 3.51. The Balaban J connectivity index is 2.29. The van der Waals surface area contributed by atoms with Gasteiger partial charge in [0.2, 0.25) is 5.91 Å². The zero-order valence-corrected chi connectivity index (χ0v) is 10.6. The maximum Gasteiger partial charge on any atom is 0.250 e. The van der Waals surface area contributed by atoms with E-state index in [0.717, 1.165) is 25.1 Å². The lowest BCUT2D eigenvalue weighted by atomic mass is 9.96. The number of carbonyl (C=O) groups excluding carboxylic acids is 2. The fraction of sp³-hybridized carbons (Fsp3) is 0.385. The number of primary amides is 2. The Morgan fingerprint density at radius 2 is 2.00 bits per heavy atom. The van der Waals surface area contributed by atoms with Crippen LogP contribution in [0.15, 0.2) is 18.2 Å². The van der Waals surface area contributed by atoms with E-state index in [1.165, 1.54) is 0 Å². The summed E-state index contributed by atoms with van der Waals surface area (Å²) < 4.78 is 0. The van der Waals surface area contributed by atoms with Crippen molar-refractivity contribution in [2.45, 2.75) is 12.8 Å². The largest absolute Gasteiger partial charge is 0.396 e. The molecule has 1 saturated heterocycles. The molecule has 6 heteroatoms. The molecule has 0 radical (unpaired) electrons. The monoisotopic (exact) mass is 262 g/mol. The van der Waals surface area contributed by atoms with E-state index in [4.69, 9.17) is 17.2 Å². The van der Waals surface area contributed by atoms with E-state index in [-0.39, 0.29) is 11.8 Å². The molecule has 6 N–H and O–H groups in total. The summed E-state index contributed by atoms with van der Waals surface area (Å²) in [6, 6.07) is 5.15. The normalized spacial score (nSPS) is 19.2. The Labute approximate surface area is 111 Å². The number of anilines is 2. The van der Waals surface area contributed by atoms with Crippen LogP contribution in [0.25, 0.3) is 0 Å². The minimum absolute atomic E-state index is 0.176. The Kier molecular flexibility index (Phi) is 3.59. The van der Waals surface area contributed by atoms with Gasteiger partial charge in [0.15, 0.2) is 0 Å². The van der Waals surface area contributed by atoms with E-state index >= 15 is 0 Å². The summed E-state index contributed by atoms with van der Waals surface area (Å²) in [5.41, 5.74) is 18.0. The van der Waals surface area contributed by atoms with E-state index in [1.807, 2.05) is 11.0 Å². The molecule has 1 unspecified atom stereocenters. The number of nitrogen functional groups attached to an aromatic ring is 1. The van der Waals surface area contributed by atoms with Crippen LogP contribution in [-0.2, 0) is 4.79 Å². The summed E-state index contributed by atoms with van der Waals surface area (Å²) in [5.74, 6) is -1.03. The van der Waals surface area contributed by atoms with Gasteiger partial charge in [-0.05, 0) is 25.0 Å². The Morgan fingerprint density at radius 1 is 1.26 bits per heavy atom. The summed E-state index contributed by atoms with van der Waals surface area (Å²) in [4.78, 5) is 24.5. The fourth-order valence-corrected chi connectivity index (χ4v) is 2.47. The Hall–Kier alpha value is -2.24. The molecule has 0 saturated carbocycles. The molecule has 0 spiro atoms. The second-order valence-electron chi connectivity index (χ2n) is 4.79. The van der Waals surface area contributed by atoms with Gasteiger partial charge >= 0.3 is 0 Å². The molecule has 1 fully saturated rings. The second-order valence-corrected chi connectivity index (χ2v) is 4.79. The minimum atomic E-state index is -0.553. The van der Waals surface area contributed by atoms with Gasteiger partial charge in [-0.3, -0.25) is 9.59 Å². The van der Waals surface area contributed by atoms with Crippen molar-refractivity contribution >= 4 is 23.2 Å². The standard InChI is InChI=1S/C13H18N4O2/c14-11-9(13(16)19)4-1-5-10(11)17-6-2-3-8(7-17)12(15)18/h1,4-5,8H,2-3,6-7,14H2,(H2,15,18)(H2,16,19). The SMILES string of the molecule is NC(=O)c1cccc(N2CCCC(C(N)=O)C2)c1N. The predicted molar refractivity (Wildman–Crippen MR) is 73.5 cm³/mol. The molecule has 1 heterocycles. The van der Waals surface area contributed by atoms with Crippen LogP contribution >= 0.6 is 0 Å². The van der Waals surface area contributed by atoms with Gasteiger partial charge in [-0.1, -0.05) is 6.07 Å². The average molecular weight is 262 g/mol. The zero-order valence-electron chi connectivity index (χ0n) is 10.6. The van der Waals surface area contributed by atoms with Crippen LogP contribution in [0.4, 0.5) is 11.4 Å². The molecule has 19 heavy (non-hydrogen) atoms. The summed E-state index contributed by atoms with van der Waals surface area (Å²) in [7, 11) is 0. The molecule has 2 rings (SSSR count). The van der Waals surface area contributed by atoms with Crippen molar-refractivity contribution < 1.29 is 9.59 Å². The number of rotatable bonds is 3. The van der Waals surface area contributed by atoms with Gasteiger partial charge in [-0.2, -0.15) is 0 Å². The van der Waals surface area contributed by atoms with Crippen molar-refractivity contribution in [3.8, 4) is 0 Å². The van der Waals surface area contributed by atoms with Crippen molar-refractivity contribution in [1.29, 1.82) is 0 Å². The summed E-state index contributed by atoms with van der Waals surface area (Å²) in [5, 5.41) is 0. The highest BCUT2D eigenvalue weighted by atomic mass is 16.1. The molecule has 102 valence electrons. The van der Waals surface area contributed by atoms with Crippen molar-refractivity contribution in [2.75, 3.05) is 23.7 Å². The molecule has 0 aliphatic carbocycles. The molecule has 1 aliphatic heterocycles. The van der Waals surface area contributed by atoms with Gasteiger partial charge < -0.3 is 22.1 Å². The molecule has 0 aromatic heterocycles. The first kappa shape index (κ1) is 13.2. The summed E-state index contributed by atoms with van der Waals surface area (Å²) in [6.07, 6.45) is 1.66. The maximum atomic E-state index is 11.3. The number of piperidine rings is 1. The van der Waals surface area contributed by atoms with Crippen molar-refractivity contribution in [2.24, 2.45) is 17.4 Å². The average Bonchev–Trinajstić information content (AvgIpc) is 2.38. The molecule has 1 aromatic carbocycles. The third kappa shape index (κ3) is 2.62. The van der Waals surface area contributed by atoms with Crippen LogP contribution in [0.3, 0.4) is 0 Å². The van der Waals surface area contributed by atoms with E-state index in [0.29, 0.717) is 17.8 Å². The molecular weight excluding hydrogens is 244 g/mol. The van der Waals surface area contributed by atoms with Gasteiger partial charge in [-0.25, -0.2) is 0 Å². The highest BCUT2D eigenvalue weighted by molar-refractivity contribution is 6.01. The highest BCUT2D eigenvalue weighted by Gasteiger charge is 2.25. The van der Waals surface area contributed by atoms with Crippen LogP contribution in [0.2, 0.25) is 0 Å². The number of carbonyl (C=O) groups is 2. The van der Waals surface area contributed by atoms with Gasteiger partial charge in [-0.15, -0.1) is 0 Å². The van der Waals surface area contributed by atoms with E-state index in [2.05, 4.69) is 0 Å². The topological polar surface area (TPSA) is 115 Å². The number of benzene rings is 1. The minimum Gasteiger partial charge on any atom is -0.396 e. The van der Waals surface area contributed by atoms with E-state index < -0.39 is 5.91 Å². The number of hydrogen-bond acceptors (Lipinski definition) is 4. The van der Waals surface area contributed by atoms with Gasteiger partial charge in [0.1, 0.15) is 0 Å².